The molecule has 8 heteroatoms. The fraction of sp³-hybridized carbons (Fsp3) is 0.435. The molecular formula is C23H32N2O5S. The van der Waals surface area contributed by atoms with Crippen LogP contribution in [0.15, 0.2) is 48.5 Å². The van der Waals surface area contributed by atoms with Crippen molar-refractivity contribution in [2.75, 3.05) is 24.2 Å². The zero-order chi connectivity index (χ0) is 23.0. The predicted octanol–water partition coefficient (Wildman–Crippen LogP) is 3.39. The summed E-state index contributed by atoms with van der Waals surface area (Å²) in [5.41, 5.74) is 1.56. The van der Waals surface area contributed by atoms with Gasteiger partial charge in [0.1, 0.15) is 17.5 Å². The lowest BCUT2D eigenvalue weighted by molar-refractivity contribution is -0.121. The van der Waals surface area contributed by atoms with Crippen LogP contribution in [0.1, 0.15) is 32.8 Å². The Kier molecular flexibility index (Phi) is 8.74. The normalized spacial score (nSPS) is 12.3. The molecule has 0 heterocycles. The van der Waals surface area contributed by atoms with E-state index in [0.29, 0.717) is 18.0 Å². The van der Waals surface area contributed by atoms with Crippen LogP contribution in [0, 0.1) is 0 Å². The molecule has 7 nitrogen and oxygen atoms in total. The SMILES string of the molecule is COc1ccc(N([C@@H](C)C(=O)NCCCc2ccc(OC(C)C)cc2)S(C)(=O)=O)cc1. The molecule has 2 rings (SSSR count). The van der Waals surface area contributed by atoms with Crippen LogP contribution in [0.3, 0.4) is 0 Å². The van der Waals surface area contributed by atoms with Gasteiger partial charge in [0.05, 0.1) is 25.2 Å². The first-order valence-electron chi connectivity index (χ1n) is 10.3. The second kappa shape index (κ2) is 11.0. The zero-order valence-corrected chi connectivity index (χ0v) is 19.6. The van der Waals surface area contributed by atoms with Gasteiger partial charge in [0.25, 0.3) is 0 Å². The zero-order valence-electron chi connectivity index (χ0n) is 18.8. The second-order valence-corrected chi connectivity index (χ2v) is 9.50. The van der Waals surface area contributed by atoms with Crippen molar-refractivity contribution in [1.29, 1.82) is 0 Å². The number of anilines is 1. The molecule has 0 aliphatic heterocycles. The summed E-state index contributed by atoms with van der Waals surface area (Å²) in [6, 6.07) is 13.6. The average molecular weight is 449 g/mol. The Morgan fingerprint density at radius 1 is 1.00 bits per heavy atom. The first kappa shape index (κ1) is 24.5. The number of aryl methyl sites for hydroxylation is 1. The van der Waals surface area contributed by atoms with E-state index in [0.717, 1.165) is 34.7 Å². The summed E-state index contributed by atoms with van der Waals surface area (Å²) in [5, 5.41) is 2.84. The van der Waals surface area contributed by atoms with Crippen molar-refractivity contribution in [1.82, 2.24) is 5.32 Å². The predicted molar refractivity (Wildman–Crippen MR) is 123 cm³/mol. The number of sulfonamides is 1. The molecule has 1 N–H and O–H groups in total. The molecule has 0 radical (unpaired) electrons. The highest BCUT2D eigenvalue weighted by Gasteiger charge is 2.28. The van der Waals surface area contributed by atoms with Gasteiger partial charge in [0.15, 0.2) is 0 Å². The van der Waals surface area contributed by atoms with Gasteiger partial charge in [-0.05, 0) is 75.6 Å². The third kappa shape index (κ3) is 7.47. The van der Waals surface area contributed by atoms with E-state index in [1.807, 2.05) is 38.1 Å². The van der Waals surface area contributed by atoms with Crippen LogP contribution >= 0.6 is 0 Å². The van der Waals surface area contributed by atoms with E-state index < -0.39 is 16.1 Å². The molecule has 0 unspecified atom stereocenters. The number of nitrogens with zero attached hydrogens (tertiary/aromatic N) is 1. The molecule has 0 saturated heterocycles. The van der Waals surface area contributed by atoms with E-state index in [4.69, 9.17) is 9.47 Å². The monoisotopic (exact) mass is 448 g/mol. The van der Waals surface area contributed by atoms with Gasteiger partial charge in [0.2, 0.25) is 15.9 Å². The Balaban J connectivity index is 1.91. The molecule has 0 fully saturated rings. The molecular weight excluding hydrogens is 416 g/mol. The minimum absolute atomic E-state index is 0.132. The molecule has 2 aromatic carbocycles. The maximum Gasteiger partial charge on any atom is 0.243 e. The van der Waals surface area contributed by atoms with Crippen molar-refractivity contribution in [2.45, 2.75) is 45.8 Å². The topological polar surface area (TPSA) is 84.9 Å². The Morgan fingerprint density at radius 2 is 1.58 bits per heavy atom. The van der Waals surface area contributed by atoms with E-state index in [2.05, 4.69) is 5.32 Å². The third-order valence-electron chi connectivity index (χ3n) is 4.65. The van der Waals surface area contributed by atoms with E-state index in [1.165, 1.54) is 7.11 Å². The number of methoxy groups -OCH3 is 1. The molecule has 0 spiro atoms. The van der Waals surface area contributed by atoms with Crippen molar-refractivity contribution in [3.63, 3.8) is 0 Å². The average Bonchev–Trinajstić information content (AvgIpc) is 2.71. The summed E-state index contributed by atoms with van der Waals surface area (Å²) >= 11 is 0. The molecule has 0 saturated carbocycles. The number of amides is 1. The first-order chi connectivity index (χ1) is 14.6. The lowest BCUT2D eigenvalue weighted by atomic mass is 10.1. The van der Waals surface area contributed by atoms with Crippen molar-refractivity contribution in [2.24, 2.45) is 0 Å². The highest BCUT2D eigenvalue weighted by molar-refractivity contribution is 7.92. The smallest absolute Gasteiger partial charge is 0.243 e. The number of hydrogen-bond acceptors (Lipinski definition) is 5. The highest BCUT2D eigenvalue weighted by Crippen LogP contribution is 2.23. The van der Waals surface area contributed by atoms with Crippen molar-refractivity contribution in [3.05, 3.63) is 54.1 Å². The van der Waals surface area contributed by atoms with Crippen LogP contribution in [-0.4, -0.2) is 46.4 Å². The first-order valence-corrected chi connectivity index (χ1v) is 12.1. The molecule has 31 heavy (non-hydrogen) atoms. The fourth-order valence-corrected chi connectivity index (χ4v) is 4.37. The maximum absolute atomic E-state index is 12.6. The molecule has 0 aliphatic carbocycles. The summed E-state index contributed by atoms with van der Waals surface area (Å²) in [4.78, 5) is 12.6. The lowest BCUT2D eigenvalue weighted by Gasteiger charge is -2.28. The van der Waals surface area contributed by atoms with Crippen LogP contribution in [0.5, 0.6) is 11.5 Å². The summed E-state index contributed by atoms with van der Waals surface area (Å²) < 4.78 is 36.6. The molecule has 1 atom stereocenters. The van der Waals surface area contributed by atoms with Gasteiger partial charge in [-0.15, -0.1) is 0 Å². The molecule has 0 aliphatic rings. The lowest BCUT2D eigenvalue weighted by Crippen LogP contribution is -2.48. The van der Waals surface area contributed by atoms with Crippen molar-refractivity contribution < 1.29 is 22.7 Å². The van der Waals surface area contributed by atoms with Gasteiger partial charge in [-0.1, -0.05) is 12.1 Å². The van der Waals surface area contributed by atoms with E-state index >= 15 is 0 Å². The van der Waals surface area contributed by atoms with Gasteiger partial charge in [-0.25, -0.2) is 8.42 Å². The summed E-state index contributed by atoms with van der Waals surface area (Å²) in [6.45, 7) is 6.00. The van der Waals surface area contributed by atoms with Crippen LogP contribution in [-0.2, 0) is 21.2 Å². The minimum atomic E-state index is -3.65. The van der Waals surface area contributed by atoms with Gasteiger partial charge in [-0.2, -0.15) is 0 Å². The van der Waals surface area contributed by atoms with Crippen molar-refractivity contribution in [3.8, 4) is 11.5 Å². The number of carbonyl (C=O) groups is 1. The molecule has 0 aromatic heterocycles. The third-order valence-corrected chi connectivity index (χ3v) is 5.89. The summed E-state index contributed by atoms with van der Waals surface area (Å²) in [6.07, 6.45) is 2.76. The number of carbonyl (C=O) groups excluding carboxylic acids is 1. The quantitative estimate of drug-likeness (QED) is 0.533. The van der Waals surface area contributed by atoms with Crippen LogP contribution in [0.4, 0.5) is 5.69 Å². The Bertz CT molecular complexity index is 941. The van der Waals surface area contributed by atoms with Gasteiger partial charge < -0.3 is 14.8 Å². The number of benzene rings is 2. The number of rotatable bonds is 11. The molecule has 1 amide bonds. The molecule has 2 aromatic rings. The van der Waals surface area contributed by atoms with Crippen LogP contribution < -0.4 is 19.1 Å². The van der Waals surface area contributed by atoms with Gasteiger partial charge >= 0.3 is 0 Å². The minimum Gasteiger partial charge on any atom is -0.497 e. The Hall–Kier alpha value is -2.74. The van der Waals surface area contributed by atoms with Gasteiger partial charge in [0, 0.05) is 6.54 Å². The van der Waals surface area contributed by atoms with E-state index in [1.54, 1.807) is 31.2 Å². The number of ether oxygens (including phenoxy) is 2. The molecule has 0 bridgehead atoms. The Morgan fingerprint density at radius 3 is 2.10 bits per heavy atom. The molecule has 170 valence electrons. The number of hydrogen-bond donors (Lipinski definition) is 1. The summed E-state index contributed by atoms with van der Waals surface area (Å²) in [5.74, 6) is 1.10. The van der Waals surface area contributed by atoms with Crippen LogP contribution in [0.2, 0.25) is 0 Å². The maximum atomic E-state index is 12.6. The standard InChI is InChI=1S/C23H32N2O5S/c1-17(2)30-22-12-8-19(9-13-22)7-6-16-24-23(26)18(3)25(31(5,27)28)20-10-14-21(29-4)15-11-20/h8-15,17-18H,6-7,16H2,1-5H3,(H,24,26)/t18-/m0/s1. The van der Waals surface area contributed by atoms with Crippen molar-refractivity contribution >= 4 is 21.6 Å². The highest BCUT2D eigenvalue weighted by atomic mass is 32.2. The second-order valence-electron chi connectivity index (χ2n) is 7.64. The van der Waals surface area contributed by atoms with Crippen LogP contribution in [0.25, 0.3) is 0 Å². The van der Waals surface area contributed by atoms with E-state index in [-0.39, 0.29) is 12.0 Å². The van der Waals surface area contributed by atoms with E-state index in [9.17, 15) is 13.2 Å². The fourth-order valence-electron chi connectivity index (χ4n) is 3.20. The largest absolute Gasteiger partial charge is 0.497 e. The Labute approximate surface area is 185 Å². The summed E-state index contributed by atoms with van der Waals surface area (Å²) in [7, 11) is -2.11. The van der Waals surface area contributed by atoms with Gasteiger partial charge in [-0.3, -0.25) is 9.10 Å². The number of nitrogens with one attached hydrogen (secondary N) is 1.